The van der Waals surface area contributed by atoms with Gasteiger partial charge in [-0.1, -0.05) is 78.4 Å². The lowest BCUT2D eigenvalue weighted by Gasteiger charge is -2.24. The molecule has 3 aromatic carbocycles. The van der Waals surface area contributed by atoms with E-state index in [0.29, 0.717) is 24.5 Å². The number of halogens is 1. The Morgan fingerprint density at radius 1 is 1.07 bits per heavy atom. The molecule has 1 saturated heterocycles. The second-order valence-electron chi connectivity index (χ2n) is 10.2. The number of aliphatic hydroxyl groups is 2. The van der Waals surface area contributed by atoms with E-state index >= 15 is 0 Å². The first-order valence-corrected chi connectivity index (χ1v) is 13.9. The Balaban J connectivity index is 1.25. The number of hydroxylamine groups is 2. The second kappa shape index (κ2) is 12.8. The van der Waals surface area contributed by atoms with Crippen LogP contribution in [0.3, 0.4) is 0 Å². The van der Waals surface area contributed by atoms with Crippen molar-refractivity contribution in [3.8, 4) is 0 Å². The van der Waals surface area contributed by atoms with E-state index in [4.69, 9.17) is 16.4 Å². The van der Waals surface area contributed by atoms with E-state index in [9.17, 15) is 15.0 Å². The van der Waals surface area contributed by atoms with Gasteiger partial charge in [0.25, 0.3) is 0 Å². The normalized spacial score (nSPS) is 20.4. The summed E-state index contributed by atoms with van der Waals surface area (Å²) in [5.74, 6) is -0.792. The first kappa shape index (κ1) is 28.1. The zero-order valence-electron chi connectivity index (χ0n) is 22.3. The summed E-state index contributed by atoms with van der Waals surface area (Å²) in [6.07, 6.45) is 5.15. The molecule has 208 valence electrons. The van der Waals surface area contributed by atoms with E-state index in [-0.39, 0.29) is 12.5 Å². The van der Waals surface area contributed by atoms with Crippen LogP contribution >= 0.6 is 11.6 Å². The van der Waals surface area contributed by atoms with Crippen molar-refractivity contribution >= 4 is 40.6 Å². The highest BCUT2D eigenvalue weighted by Crippen LogP contribution is 2.31. The Kier molecular flexibility index (Phi) is 8.99. The zero-order chi connectivity index (χ0) is 28.1. The summed E-state index contributed by atoms with van der Waals surface area (Å²) in [7, 11) is 0. The lowest BCUT2D eigenvalue weighted by atomic mass is 9.92. The number of rotatable bonds is 10. The molecule has 2 heterocycles. The van der Waals surface area contributed by atoms with Crippen LogP contribution in [0.1, 0.15) is 29.2 Å². The molecular formula is C32H34ClN3O4. The van der Waals surface area contributed by atoms with Gasteiger partial charge in [-0.3, -0.25) is 9.63 Å². The van der Waals surface area contributed by atoms with Gasteiger partial charge in [0.15, 0.2) is 0 Å². The van der Waals surface area contributed by atoms with Crippen molar-refractivity contribution in [3.63, 3.8) is 0 Å². The Hall–Kier alpha value is -3.46. The number of carbonyl (C=O) groups is 1. The maximum atomic E-state index is 13.4. The van der Waals surface area contributed by atoms with Crippen LogP contribution in [0.15, 0.2) is 79.0 Å². The lowest BCUT2D eigenvalue weighted by Crippen LogP contribution is -2.48. The number of para-hydroxylation sites is 1. The van der Waals surface area contributed by atoms with Gasteiger partial charge in [-0.05, 0) is 53.8 Å². The first-order valence-electron chi connectivity index (χ1n) is 13.5. The fourth-order valence-electron chi connectivity index (χ4n) is 5.25. The van der Waals surface area contributed by atoms with E-state index in [1.807, 2.05) is 85.1 Å². The molecule has 40 heavy (non-hydrogen) atoms. The highest BCUT2D eigenvalue weighted by molar-refractivity contribution is 6.30. The standard InChI is InChI=1S/C32H34ClN3O4/c1-21(38)31-28(20-37)30(32(39)34-17-16-25-18-35-29-5-3-2-4-27(25)29)36(40-31)19-24-10-8-22(9-11-24)6-7-23-12-14-26(33)15-13-23/h2-15,18,21,28,30-31,35,37-38H,16-17,19-20H2,1H3,(H,34,39)/b7-6+/t21-,28?,30-,31-/m1/s1. The summed E-state index contributed by atoms with van der Waals surface area (Å²) in [6.45, 7) is 2.12. The number of amides is 1. The van der Waals surface area contributed by atoms with Crippen molar-refractivity contribution < 1.29 is 19.8 Å². The van der Waals surface area contributed by atoms with Gasteiger partial charge >= 0.3 is 0 Å². The van der Waals surface area contributed by atoms with Gasteiger partial charge in [0.1, 0.15) is 12.1 Å². The lowest BCUT2D eigenvalue weighted by molar-refractivity contribution is -0.192. The number of hydrogen-bond donors (Lipinski definition) is 4. The average molecular weight is 560 g/mol. The molecule has 0 bridgehead atoms. The molecule has 0 aliphatic carbocycles. The quantitative estimate of drug-likeness (QED) is 0.209. The minimum absolute atomic E-state index is 0.232. The van der Waals surface area contributed by atoms with Crippen LogP contribution in [0.4, 0.5) is 0 Å². The van der Waals surface area contributed by atoms with Crippen molar-refractivity contribution in [3.05, 3.63) is 106 Å². The molecule has 1 amide bonds. The molecule has 4 aromatic rings. The number of hydrogen-bond acceptors (Lipinski definition) is 5. The molecule has 1 aliphatic heterocycles. The zero-order valence-corrected chi connectivity index (χ0v) is 23.1. The topological polar surface area (TPSA) is 97.8 Å². The van der Waals surface area contributed by atoms with Crippen molar-refractivity contribution in [2.24, 2.45) is 5.92 Å². The number of H-pyrrole nitrogens is 1. The molecule has 5 rings (SSSR count). The fourth-order valence-corrected chi connectivity index (χ4v) is 5.37. The van der Waals surface area contributed by atoms with E-state index in [1.165, 1.54) is 0 Å². The minimum atomic E-state index is -0.843. The van der Waals surface area contributed by atoms with E-state index in [0.717, 1.165) is 33.2 Å². The van der Waals surface area contributed by atoms with Gasteiger partial charge in [0.2, 0.25) is 5.91 Å². The summed E-state index contributed by atoms with van der Waals surface area (Å²) in [6, 6.07) is 22.9. The van der Waals surface area contributed by atoms with Gasteiger partial charge < -0.3 is 20.5 Å². The van der Waals surface area contributed by atoms with Gasteiger partial charge in [-0.2, -0.15) is 5.06 Å². The molecule has 1 aromatic heterocycles. The highest BCUT2D eigenvalue weighted by atomic mass is 35.5. The van der Waals surface area contributed by atoms with Crippen molar-refractivity contribution in [2.75, 3.05) is 13.2 Å². The molecule has 4 atom stereocenters. The Morgan fingerprint density at radius 2 is 1.75 bits per heavy atom. The number of carbonyl (C=O) groups excluding carboxylic acids is 1. The van der Waals surface area contributed by atoms with Crippen LogP contribution in [0, 0.1) is 5.92 Å². The fraction of sp³-hybridized carbons (Fsp3) is 0.281. The van der Waals surface area contributed by atoms with E-state index in [1.54, 1.807) is 12.0 Å². The number of benzene rings is 3. The number of nitrogens with zero attached hydrogens (tertiary/aromatic N) is 1. The van der Waals surface area contributed by atoms with E-state index in [2.05, 4.69) is 16.4 Å². The van der Waals surface area contributed by atoms with Crippen molar-refractivity contribution in [1.82, 2.24) is 15.4 Å². The number of fused-ring (bicyclic) bond motifs is 1. The average Bonchev–Trinajstić information content (AvgIpc) is 3.55. The van der Waals surface area contributed by atoms with Crippen LogP contribution in [-0.4, -0.2) is 57.6 Å². The number of aliphatic hydroxyl groups excluding tert-OH is 2. The van der Waals surface area contributed by atoms with Gasteiger partial charge in [0.05, 0.1) is 19.3 Å². The SMILES string of the molecule is C[C@@H](O)[C@H]1ON(Cc2ccc(/C=C/c3ccc(Cl)cc3)cc2)[C@@H](C(=O)NCCc2c[nH]c3ccccc23)C1CO. The first-order chi connectivity index (χ1) is 19.4. The molecule has 0 saturated carbocycles. The molecule has 8 heteroatoms. The maximum absolute atomic E-state index is 13.4. The van der Waals surface area contributed by atoms with Crippen molar-refractivity contribution in [2.45, 2.75) is 38.1 Å². The van der Waals surface area contributed by atoms with Crippen LogP contribution in [0.5, 0.6) is 0 Å². The van der Waals surface area contributed by atoms with Crippen molar-refractivity contribution in [1.29, 1.82) is 0 Å². The van der Waals surface area contributed by atoms with Crippen LogP contribution in [0.2, 0.25) is 5.02 Å². The molecular weight excluding hydrogens is 526 g/mol. The second-order valence-corrected chi connectivity index (χ2v) is 10.6. The third kappa shape index (κ3) is 6.46. The number of aromatic amines is 1. The van der Waals surface area contributed by atoms with Crippen LogP contribution < -0.4 is 5.32 Å². The number of nitrogens with one attached hydrogen (secondary N) is 2. The third-order valence-electron chi connectivity index (χ3n) is 7.37. The summed E-state index contributed by atoms with van der Waals surface area (Å²) in [5, 5.41) is 27.0. The summed E-state index contributed by atoms with van der Waals surface area (Å²) < 4.78 is 0. The highest BCUT2D eigenvalue weighted by Gasteiger charge is 2.48. The van der Waals surface area contributed by atoms with E-state index < -0.39 is 24.2 Å². The molecule has 0 radical (unpaired) electrons. The predicted octanol–water partition coefficient (Wildman–Crippen LogP) is 4.82. The Morgan fingerprint density at radius 3 is 2.42 bits per heavy atom. The van der Waals surface area contributed by atoms with Gasteiger partial charge in [0, 0.05) is 34.6 Å². The molecule has 1 aliphatic rings. The third-order valence-corrected chi connectivity index (χ3v) is 7.63. The van der Waals surface area contributed by atoms with Crippen LogP contribution in [-0.2, 0) is 22.6 Å². The predicted molar refractivity (Wildman–Crippen MR) is 158 cm³/mol. The molecule has 1 unspecified atom stereocenters. The largest absolute Gasteiger partial charge is 0.396 e. The molecule has 0 spiro atoms. The Labute approximate surface area is 239 Å². The van der Waals surface area contributed by atoms with Gasteiger partial charge in [-0.15, -0.1) is 0 Å². The minimum Gasteiger partial charge on any atom is -0.396 e. The maximum Gasteiger partial charge on any atom is 0.240 e. The summed E-state index contributed by atoms with van der Waals surface area (Å²) >= 11 is 5.96. The summed E-state index contributed by atoms with van der Waals surface area (Å²) in [4.78, 5) is 22.7. The monoisotopic (exact) mass is 559 g/mol. The van der Waals surface area contributed by atoms with Gasteiger partial charge in [-0.25, -0.2) is 0 Å². The molecule has 1 fully saturated rings. The smallest absolute Gasteiger partial charge is 0.240 e. The van der Waals surface area contributed by atoms with Crippen LogP contribution in [0.25, 0.3) is 23.1 Å². The number of aromatic nitrogens is 1. The molecule has 7 nitrogen and oxygen atoms in total. The molecule has 4 N–H and O–H groups in total. The summed E-state index contributed by atoms with van der Waals surface area (Å²) in [5.41, 5.74) is 5.22. The Bertz CT molecular complexity index is 1450.